The van der Waals surface area contributed by atoms with E-state index in [-0.39, 0.29) is 4.90 Å². The Morgan fingerprint density at radius 2 is 1.75 bits per heavy atom. The first-order valence-electron chi connectivity index (χ1n) is 9.10. The minimum Gasteiger partial charge on any atom is -0.490 e. The third-order valence-electron chi connectivity index (χ3n) is 4.34. The molecule has 0 radical (unpaired) electrons. The summed E-state index contributed by atoms with van der Waals surface area (Å²) in [6.45, 7) is 4.80. The number of benzene rings is 2. The minimum atomic E-state index is -3.88. The monoisotopic (exact) mass is 404 g/mol. The number of hydrogen-bond acceptors (Lipinski definition) is 5. The highest BCUT2D eigenvalue weighted by atomic mass is 32.2. The Morgan fingerprint density at radius 1 is 1.07 bits per heavy atom. The van der Waals surface area contributed by atoms with E-state index in [9.17, 15) is 13.2 Å². The van der Waals surface area contributed by atoms with Crippen molar-refractivity contribution in [1.82, 2.24) is 10.0 Å². The predicted octanol–water partition coefficient (Wildman–Crippen LogP) is 2.14. The van der Waals surface area contributed by atoms with Crippen molar-refractivity contribution >= 4 is 15.9 Å². The highest BCUT2D eigenvalue weighted by molar-refractivity contribution is 7.89. The zero-order valence-electron chi connectivity index (χ0n) is 15.9. The van der Waals surface area contributed by atoms with Crippen LogP contribution in [-0.4, -0.2) is 33.6 Å². The SMILES string of the molecule is Cc1ccc(CNC(=O)[C@H](C)NS(=O)(=O)c2ccc3c(c2)OCCCO3)cc1. The van der Waals surface area contributed by atoms with Gasteiger partial charge in [-0.1, -0.05) is 29.8 Å². The summed E-state index contributed by atoms with van der Waals surface area (Å²) in [6.07, 6.45) is 0.729. The fraction of sp³-hybridized carbons (Fsp3) is 0.350. The van der Waals surface area contributed by atoms with E-state index in [4.69, 9.17) is 9.47 Å². The lowest BCUT2D eigenvalue weighted by Gasteiger charge is -2.15. The lowest BCUT2D eigenvalue weighted by Crippen LogP contribution is -2.44. The number of carbonyl (C=O) groups excluding carboxylic acids is 1. The van der Waals surface area contributed by atoms with Crippen LogP contribution in [0.25, 0.3) is 0 Å². The second-order valence-electron chi connectivity index (χ2n) is 6.71. The maximum Gasteiger partial charge on any atom is 0.241 e. The van der Waals surface area contributed by atoms with Crippen molar-refractivity contribution in [1.29, 1.82) is 0 Å². The quantitative estimate of drug-likeness (QED) is 0.769. The average molecular weight is 404 g/mol. The van der Waals surface area contributed by atoms with Gasteiger partial charge in [-0.15, -0.1) is 0 Å². The summed E-state index contributed by atoms with van der Waals surface area (Å²) < 4.78 is 38.7. The third-order valence-corrected chi connectivity index (χ3v) is 5.88. The molecular formula is C20H24N2O5S. The van der Waals surface area contributed by atoms with Crippen molar-refractivity contribution in [3.63, 3.8) is 0 Å². The van der Waals surface area contributed by atoms with E-state index >= 15 is 0 Å². The van der Waals surface area contributed by atoms with E-state index in [1.54, 1.807) is 6.07 Å². The molecule has 0 aromatic heterocycles. The molecule has 0 unspecified atom stereocenters. The molecule has 1 heterocycles. The van der Waals surface area contributed by atoms with E-state index < -0.39 is 22.0 Å². The summed E-state index contributed by atoms with van der Waals surface area (Å²) >= 11 is 0. The summed E-state index contributed by atoms with van der Waals surface area (Å²) in [4.78, 5) is 12.3. The number of sulfonamides is 1. The average Bonchev–Trinajstić information content (AvgIpc) is 2.91. The second kappa shape index (κ2) is 8.62. The molecule has 0 spiro atoms. The van der Waals surface area contributed by atoms with Gasteiger partial charge in [0.15, 0.2) is 11.5 Å². The molecule has 0 saturated carbocycles. The van der Waals surface area contributed by atoms with Crippen molar-refractivity contribution in [2.24, 2.45) is 0 Å². The number of nitrogens with one attached hydrogen (secondary N) is 2. The Labute approximate surface area is 165 Å². The van der Waals surface area contributed by atoms with Crippen molar-refractivity contribution in [3.8, 4) is 11.5 Å². The molecule has 1 atom stereocenters. The first-order chi connectivity index (χ1) is 13.3. The topological polar surface area (TPSA) is 93.7 Å². The van der Waals surface area contributed by atoms with E-state index in [0.717, 1.165) is 17.5 Å². The molecule has 1 amide bonds. The molecule has 7 nitrogen and oxygen atoms in total. The molecule has 2 N–H and O–H groups in total. The molecule has 2 aromatic carbocycles. The van der Waals surface area contributed by atoms with Crippen LogP contribution in [0.4, 0.5) is 0 Å². The number of hydrogen-bond donors (Lipinski definition) is 2. The Hall–Kier alpha value is -2.58. The van der Waals surface area contributed by atoms with Crippen LogP contribution in [0.1, 0.15) is 24.5 Å². The molecule has 3 rings (SSSR count). The van der Waals surface area contributed by atoms with E-state index in [1.165, 1.54) is 19.1 Å². The predicted molar refractivity (Wildman–Crippen MR) is 105 cm³/mol. The lowest BCUT2D eigenvalue weighted by atomic mass is 10.1. The largest absolute Gasteiger partial charge is 0.490 e. The molecule has 150 valence electrons. The van der Waals surface area contributed by atoms with Crippen LogP contribution in [0.5, 0.6) is 11.5 Å². The fourth-order valence-corrected chi connectivity index (χ4v) is 3.93. The van der Waals surface area contributed by atoms with E-state index in [1.807, 2.05) is 31.2 Å². The molecule has 28 heavy (non-hydrogen) atoms. The summed E-state index contributed by atoms with van der Waals surface area (Å²) in [5, 5.41) is 2.74. The molecule has 2 aromatic rings. The van der Waals surface area contributed by atoms with Gasteiger partial charge >= 0.3 is 0 Å². The van der Waals surface area contributed by atoms with Gasteiger partial charge in [0.2, 0.25) is 15.9 Å². The first-order valence-corrected chi connectivity index (χ1v) is 10.6. The van der Waals surface area contributed by atoms with Gasteiger partial charge in [0, 0.05) is 19.0 Å². The molecule has 1 aliphatic heterocycles. The number of fused-ring (bicyclic) bond motifs is 1. The molecular weight excluding hydrogens is 380 g/mol. The van der Waals surface area contributed by atoms with Crippen LogP contribution in [0.3, 0.4) is 0 Å². The number of rotatable bonds is 6. The van der Waals surface area contributed by atoms with Gasteiger partial charge in [0.05, 0.1) is 24.2 Å². The molecule has 0 saturated heterocycles. The van der Waals surface area contributed by atoms with E-state index in [2.05, 4.69) is 10.0 Å². The van der Waals surface area contributed by atoms with Gasteiger partial charge in [-0.3, -0.25) is 4.79 Å². The highest BCUT2D eigenvalue weighted by Gasteiger charge is 2.24. The maximum atomic E-state index is 12.6. The van der Waals surface area contributed by atoms with Crippen molar-refractivity contribution in [3.05, 3.63) is 53.6 Å². The van der Waals surface area contributed by atoms with Crippen molar-refractivity contribution in [2.45, 2.75) is 37.8 Å². The minimum absolute atomic E-state index is 0.0231. The molecule has 1 aliphatic rings. The van der Waals surface area contributed by atoms with Crippen LogP contribution >= 0.6 is 0 Å². The second-order valence-corrected chi connectivity index (χ2v) is 8.42. The Morgan fingerprint density at radius 3 is 2.46 bits per heavy atom. The van der Waals surface area contributed by atoms with Gasteiger partial charge in [0.25, 0.3) is 0 Å². The van der Waals surface area contributed by atoms with Crippen LogP contribution < -0.4 is 19.5 Å². The Balaban J connectivity index is 1.63. The number of aryl methyl sites for hydroxylation is 1. The van der Waals surface area contributed by atoms with Crippen LogP contribution in [0, 0.1) is 6.92 Å². The summed E-state index contributed by atoms with van der Waals surface area (Å²) in [7, 11) is -3.88. The fourth-order valence-electron chi connectivity index (χ4n) is 2.71. The third kappa shape index (κ3) is 5.02. The number of carbonyl (C=O) groups is 1. The lowest BCUT2D eigenvalue weighted by molar-refractivity contribution is -0.122. The number of amides is 1. The normalized spacial score (nSPS) is 14.8. The van der Waals surface area contributed by atoms with Crippen LogP contribution in [0.15, 0.2) is 47.4 Å². The Kier molecular flexibility index (Phi) is 6.21. The zero-order chi connectivity index (χ0) is 20.1. The molecule has 0 aliphatic carbocycles. The maximum absolute atomic E-state index is 12.6. The summed E-state index contributed by atoms with van der Waals surface area (Å²) in [5.74, 6) is 0.496. The van der Waals surface area contributed by atoms with Gasteiger partial charge in [-0.2, -0.15) is 4.72 Å². The first kappa shape index (κ1) is 20.2. The van der Waals surface area contributed by atoms with Gasteiger partial charge < -0.3 is 14.8 Å². The van der Waals surface area contributed by atoms with Gasteiger partial charge in [-0.05, 0) is 31.5 Å². The van der Waals surface area contributed by atoms with Crippen LogP contribution in [0.2, 0.25) is 0 Å². The Bertz CT molecular complexity index is 942. The number of ether oxygens (including phenoxy) is 2. The van der Waals surface area contributed by atoms with Crippen molar-refractivity contribution in [2.75, 3.05) is 13.2 Å². The standard InChI is InChI=1S/C20H24N2O5S/c1-14-4-6-16(7-5-14)13-21-20(23)15(2)22-28(24,25)17-8-9-18-19(12-17)27-11-3-10-26-18/h4-9,12,15,22H,3,10-11,13H2,1-2H3,(H,21,23)/t15-/m0/s1. The van der Waals surface area contributed by atoms with Gasteiger partial charge in [0.1, 0.15) is 0 Å². The van der Waals surface area contributed by atoms with Crippen LogP contribution in [-0.2, 0) is 21.4 Å². The van der Waals surface area contributed by atoms with Crippen molar-refractivity contribution < 1.29 is 22.7 Å². The van der Waals surface area contributed by atoms with E-state index in [0.29, 0.717) is 31.3 Å². The smallest absolute Gasteiger partial charge is 0.241 e. The molecule has 0 bridgehead atoms. The summed E-state index contributed by atoms with van der Waals surface area (Å²) in [6, 6.07) is 11.2. The van der Waals surface area contributed by atoms with Gasteiger partial charge in [-0.25, -0.2) is 8.42 Å². The summed E-state index contributed by atoms with van der Waals surface area (Å²) in [5.41, 5.74) is 2.07. The molecule has 0 fully saturated rings. The molecule has 8 heteroatoms. The highest BCUT2D eigenvalue weighted by Crippen LogP contribution is 2.31. The zero-order valence-corrected chi connectivity index (χ0v) is 16.7.